The largest absolute Gasteiger partial charge is 0.385 e. The second-order valence-corrected chi connectivity index (χ2v) is 6.90. The smallest absolute Gasteiger partial charge is 0.236 e. The summed E-state index contributed by atoms with van der Waals surface area (Å²) in [7, 11) is 1.53. The molecule has 0 aromatic rings. The summed E-state index contributed by atoms with van der Waals surface area (Å²) in [5.74, 6) is 0.474. The van der Waals surface area contributed by atoms with Crippen molar-refractivity contribution in [1.29, 1.82) is 0 Å². The minimum atomic E-state index is -1.32. The molecule has 7 heteroatoms. The molecule has 7 nitrogen and oxygen atoms in total. The van der Waals surface area contributed by atoms with Crippen molar-refractivity contribution < 1.29 is 19.4 Å². The molecule has 0 radical (unpaired) electrons. The predicted octanol–water partition coefficient (Wildman–Crippen LogP) is -0.556. The van der Waals surface area contributed by atoms with E-state index in [1.807, 2.05) is 0 Å². The molecule has 1 atom stereocenters. The van der Waals surface area contributed by atoms with Gasteiger partial charge in [0.1, 0.15) is 5.60 Å². The quantitative estimate of drug-likeness (QED) is 0.724. The Kier molecular flexibility index (Phi) is 6.38. The van der Waals surface area contributed by atoms with Crippen molar-refractivity contribution in [2.45, 2.75) is 31.8 Å². The molecule has 0 spiro atoms. The van der Waals surface area contributed by atoms with Crippen molar-refractivity contribution in [3.05, 3.63) is 0 Å². The topological polar surface area (TPSA) is 82.1 Å². The van der Waals surface area contributed by atoms with Gasteiger partial charge in [0, 0.05) is 13.6 Å². The minimum absolute atomic E-state index is 0.000356. The molecule has 132 valence electrons. The SMILES string of the molecule is CNC(=O)C[C@@]1(O)COCCN(C(=O)CN2CCC(C)CC2)C1. The van der Waals surface area contributed by atoms with Gasteiger partial charge in [0.05, 0.1) is 32.7 Å². The molecule has 2 saturated heterocycles. The zero-order valence-corrected chi connectivity index (χ0v) is 14.2. The number of ether oxygens (including phenoxy) is 1. The number of hydrogen-bond donors (Lipinski definition) is 2. The van der Waals surface area contributed by atoms with Crippen molar-refractivity contribution in [3.63, 3.8) is 0 Å². The molecule has 0 aliphatic carbocycles. The first-order valence-corrected chi connectivity index (χ1v) is 8.43. The summed E-state index contributed by atoms with van der Waals surface area (Å²) >= 11 is 0. The number of hydrogen-bond acceptors (Lipinski definition) is 5. The number of carbonyl (C=O) groups is 2. The maximum absolute atomic E-state index is 12.6. The average Bonchev–Trinajstić information content (AvgIpc) is 2.71. The third-order valence-corrected chi connectivity index (χ3v) is 4.72. The number of nitrogens with one attached hydrogen (secondary N) is 1. The van der Waals surface area contributed by atoms with E-state index in [1.54, 1.807) is 4.90 Å². The van der Waals surface area contributed by atoms with E-state index in [4.69, 9.17) is 4.74 Å². The molecule has 2 aliphatic heterocycles. The Labute approximate surface area is 138 Å². The zero-order valence-electron chi connectivity index (χ0n) is 14.2. The molecule has 2 heterocycles. The van der Waals surface area contributed by atoms with Crippen LogP contribution in [0.3, 0.4) is 0 Å². The number of piperidine rings is 1. The van der Waals surface area contributed by atoms with E-state index in [1.165, 1.54) is 7.05 Å². The average molecular weight is 327 g/mol. The number of carbonyl (C=O) groups excluding carboxylic acids is 2. The Morgan fingerprint density at radius 3 is 2.65 bits per heavy atom. The van der Waals surface area contributed by atoms with Gasteiger partial charge in [0.25, 0.3) is 0 Å². The van der Waals surface area contributed by atoms with Gasteiger partial charge in [-0.3, -0.25) is 14.5 Å². The highest BCUT2D eigenvalue weighted by molar-refractivity contribution is 5.79. The summed E-state index contributed by atoms with van der Waals surface area (Å²) < 4.78 is 5.40. The Bertz CT molecular complexity index is 424. The molecule has 2 aliphatic rings. The van der Waals surface area contributed by atoms with Crippen LogP contribution in [-0.2, 0) is 14.3 Å². The molecule has 0 bridgehead atoms. The lowest BCUT2D eigenvalue weighted by molar-refractivity contribution is -0.138. The summed E-state index contributed by atoms with van der Waals surface area (Å²) in [6.45, 7) is 5.57. The van der Waals surface area contributed by atoms with Crippen LogP contribution in [0.4, 0.5) is 0 Å². The number of β-amino-alcohol motifs (C(OH)–C–C–N with tert-alkyl or cyclic N) is 1. The first-order chi connectivity index (χ1) is 10.9. The van der Waals surface area contributed by atoms with Crippen LogP contribution in [0.15, 0.2) is 0 Å². The van der Waals surface area contributed by atoms with E-state index in [9.17, 15) is 14.7 Å². The van der Waals surface area contributed by atoms with Gasteiger partial charge in [-0.05, 0) is 31.8 Å². The molecule has 2 N–H and O–H groups in total. The lowest BCUT2D eigenvalue weighted by Crippen LogP contribution is -2.51. The monoisotopic (exact) mass is 327 g/mol. The lowest BCUT2D eigenvalue weighted by Gasteiger charge is -2.33. The second kappa shape index (κ2) is 8.08. The predicted molar refractivity (Wildman–Crippen MR) is 85.9 cm³/mol. The van der Waals surface area contributed by atoms with Gasteiger partial charge in [0.2, 0.25) is 11.8 Å². The summed E-state index contributed by atoms with van der Waals surface area (Å²) in [6.07, 6.45) is 2.18. The zero-order chi connectivity index (χ0) is 16.9. The molecule has 0 saturated carbocycles. The van der Waals surface area contributed by atoms with E-state index in [0.29, 0.717) is 19.7 Å². The molecule has 0 aromatic heterocycles. The van der Waals surface area contributed by atoms with Gasteiger partial charge >= 0.3 is 0 Å². The molecular formula is C16H29N3O4. The lowest BCUT2D eigenvalue weighted by atomic mass is 9.98. The van der Waals surface area contributed by atoms with Crippen molar-refractivity contribution in [3.8, 4) is 0 Å². The fraction of sp³-hybridized carbons (Fsp3) is 0.875. The standard InChI is InChI=1S/C16H29N3O4/c1-13-3-5-18(6-4-13)10-15(21)19-7-8-23-12-16(22,11-19)9-14(20)17-2/h13,22H,3-12H2,1-2H3,(H,17,20)/t16-/m0/s1. The maximum Gasteiger partial charge on any atom is 0.236 e. The molecule has 2 amide bonds. The fourth-order valence-corrected chi connectivity index (χ4v) is 3.14. The fourth-order valence-electron chi connectivity index (χ4n) is 3.14. The van der Waals surface area contributed by atoms with E-state index in [2.05, 4.69) is 17.1 Å². The van der Waals surface area contributed by atoms with Crippen molar-refractivity contribution in [1.82, 2.24) is 15.1 Å². The number of amides is 2. The third-order valence-electron chi connectivity index (χ3n) is 4.72. The Balaban J connectivity index is 1.91. The van der Waals surface area contributed by atoms with E-state index in [0.717, 1.165) is 31.8 Å². The summed E-state index contributed by atoms with van der Waals surface area (Å²) in [6, 6.07) is 0. The van der Waals surface area contributed by atoms with Crippen LogP contribution in [0.1, 0.15) is 26.2 Å². The van der Waals surface area contributed by atoms with Crippen LogP contribution in [0.2, 0.25) is 0 Å². The summed E-state index contributed by atoms with van der Waals surface area (Å²) in [5.41, 5.74) is -1.32. The molecule has 0 unspecified atom stereocenters. The van der Waals surface area contributed by atoms with Gasteiger partial charge < -0.3 is 20.1 Å². The third kappa shape index (κ3) is 5.44. The number of nitrogens with zero attached hydrogens (tertiary/aromatic N) is 2. The molecular weight excluding hydrogens is 298 g/mol. The van der Waals surface area contributed by atoms with Crippen LogP contribution in [0.25, 0.3) is 0 Å². The highest BCUT2D eigenvalue weighted by atomic mass is 16.5. The van der Waals surface area contributed by atoms with Crippen LogP contribution >= 0.6 is 0 Å². The van der Waals surface area contributed by atoms with Crippen LogP contribution < -0.4 is 5.32 Å². The number of likely N-dealkylation sites (tertiary alicyclic amines) is 1. The van der Waals surface area contributed by atoms with E-state index in [-0.39, 0.29) is 31.4 Å². The summed E-state index contributed by atoms with van der Waals surface area (Å²) in [5, 5.41) is 13.1. The maximum atomic E-state index is 12.6. The first kappa shape index (κ1) is 18.2. The van der Waals surface area contributed by atoms with Crippen molar-refractivity contribution in [2.24, 2.45) is 5.92 Å². The van der Waals surface area contributed by atoms with E-state index < -0.39 is 5.60 Å². The highest BCUT2D eigenvalue weighted by Crippen LogP contribution is 2.19. The molecule has 23 heavy (non-hydrogen) atoms. The van der Waals surface area contributed by atoms with Crippen LogP contribution in [-0.4, -0.2) is 85.3 Å². The van der Waals surface area contributed by atoms with Crippen molar-refractivity contribution >= 4 is 11.8 Å². The number of rotatable bonds is 4. The molecule has 0 aromatic carbocycles. The van der Waals surface area contributed by atoms with Crippen molar-refractivity contribution in [2.75, 3.05) is 53.0 Å². The summed E-state index contributed by atoms with van der Waals surface area (Å²) in [4.78, 5) is 27.9. The number of aliphatic hydroxyl groups is 1. The molecule has 2 rings (SSSR count). The highest BCUT2D eigenvalue weighted by Gasteiger charge is 2.36. The van der Waals surface area contributed by atoms with Crippen LogP contribution in [0, 0.1) is 5.92 Å². The minimum Gasteiger partial charge on any atom is -0.385 e. The van der Waals surface area contributed by atoms with E-state index >= 15 is 0 Å². The van der Waals surface area contributed by atoms with Gasteiger partial charge in [-0.2, -0.15) is 0 Å². The van der Waals surface area contributed by atoms with Gasteiger partial charge in [-0.25, -0.2) is 0 Å². The Morgan fingerprint density at radius 1 is 1.30 bits per heavy atom. The van der Waals surface area contributed by atoms with Gasteiger partial charge in [-0.1, -0.05) is 6.92 Å². The second-order valence-electron chi connectivity index (χ2n) is 6.90. The molecule has 2 fully saturated rings. The first-order valence-electron chi connectivity index (χ1n) is 8.43. The van der Waals surface area contributed by atoms with Crippen LogP contribution in [0.5, 0.6) is 0 Å². The Hall–Kier alpha value is -1.18. The normalized spacial score (nSPS) is 27.5. The van der Waals surface area contributed by atoms with Gasteiger partial charge in [-0.15, -0.1) is 0 Å². The van der Waals surface area contributed by atoms with Gasteiger partial charge in [0.15, 0.2) is 0 Å². The Morgan fingerprint density at radius 2 is 2.00 bits per heavy atom.